The van der Waals surface area contributed by atoms with Crippen LogP contribution < -0.4 is 26.6 Å². The van der Waals surface area contributed by atoms with E-state index in [0.29, 0.717) is 0 Å². The van der Waals surface area contributed by atoms with Gasteiger partial charge >= 0.3 is 17.1 Å². The van der Waals surface area contributed by atoms with Gasteiger partial charge in [-0.3, -0.25) is 9.80 Å². The first-order valence-corrected chi connectivity index (χ1v) is 5.44. The minimum absolute atomic E-state index is 0. The molecule has 0 unspecified atom stereocenters. The van der Waals surface area contributed by atoms with Crippen molar-refractivity contribution in [1.82, 2.24) is 16.0 Å². The molecule has 0 spiro atoms. The van der Waals surface area contributed by atoms with Gasteiger partial charge in [-0.1, -0.05) is 0 Å². The van der Waals surface area contributed by atoms with Gasteiger partial charge in [0.2, 0.25) is 0 Å². The van der Waals surface area contributed by atoms with Gasteiger partial charge in [-0.15, -0.1) is 0 Å². The van der Waals surface area contributed by atoms with Crippen LogP contribution >= 0.6 is 0 Å². The quantitative estimate of drug-likeness (QED) is 0.344. The van der Waals surface area contributed by atoms with E-state index in [1.54, 1.807) is 0 Å². The fraction of sp³-hybridized carbons (Fsp3) is 0.600. The van der Waals surface area contributed by atoms with Crippen LogP contribution in [0, 0.1) is 0 Å². The first kappa shape index (κ1) is 25.2. The summed E-state index contributed by atoms with van der Waals surface area (Å²) in [6.45, 7) is -3.25. The van der Waals surface area contributed by atoms with E-state index in [0.717, 1.165) is 9.80 Å². The number of hydrogen-bond acceptors (Lipinski definition) is 10. The van der Waals surface area contributed by atoms with Crippen molar-refractivity contribution in [3.05, 3.63) is 0 Å². The Morgan fingerprint density at radius 1 is 0.591 bits per heavy atom. The average molecular weight is 362 g/mol. The maximum absolute atomic E-state index is 10.4. The van der Waals surface area contributed by atoms with Crippen LogP contribution in [0.5, 0.6) is 0 Å². The van der Waals surface area contributed by atoms with Gasteiger partial charge in [0.25, 0.3) is 0 Å². The zero-order valence-corrected chi connectivity index (χ0v) is 12.9. The largest absolute Gasteiger partial charge is 2.00 e. The van der Waals surface area contributed by atoms with Crippen molar-refractivity contribution in [2.75, 3.05) is 39.3 Å². The number of rotatable bonds is 11. The SMILES string of the molecule is O=C([O-])CN(CCN(CC(=O)[O-])CC(=O)[O-])CC(=O)[O-].[Fe+2].[NH4+]. The van der Waals surface area contributed by atoms with E-state index in [4.69, 9.17) is 0 Å². The summed E-state index contributed by atoms with van der Waals surface area (Å²) in [5.74, 6) is -6.12. The number of hydrogen-bond donors (Lipinski definition) is 1. The monoisotopic (exact) mass is 362 g/mol. The number of carboxylic acids is 4. The van der Waals surface area contributed by atoms with Crippen LogP contribution in [0.2, 0.25) is 0 Å². The number of aliphatic carboxylic acids is 4. The van der Waals surface area contributed by atoms with Crippen LogP contribution in [0.4, 0.5) is 0 Å². The fourth-order valence-corrected chi connectivity index (χ4v) is 1.44. The molecule has 11 nitrogen and oxygen atoms in total. The summed E-state index contributed by atoms with van der Waals surface area (Å²) in [5, 5.41) is 41.6. The summed E-state index contributed by atoms with van der Waals surface area (Å²) in [6, 6.07) is 0. The molecule has 4 N–H and O–H groups in total. The van der Waals surface area contributed by atoms with Crippen LogP contribution in [-0.4, -0.2) is 72.9 Å². The Hall–Kier alpha value is -1.72. The Morgan fingerprint density at radius 3 is 0.909 bits per heavy atom. The van der Waals surface area contributed by atoms with Crippen LogP contribution in [0.25, 0.3) is 0 Å². The molecule has 0 fully saturated rings. The number of nitrogens with zero attached hydrogens (tertiary/aromatic N) is 2. The summed E-state index contributed by atoms with van der Waals surface area (Å²) < 4.78 is 0. The van der Waals surface area contributed by atoms with E-state index in [9.17, 15) is 39.6 Å². The molecule has 0 saturated carbocycles. The van der Waals surface area contributed by atoms with Crippen LogP contribution in [0.1, 0.15) is 0 Å². The molecule has 0 bridgehead atoms. The standard InChI is InChI=1S/C10H16N2O8.Fe.H3N/c13-7(14)3-11(4-8(15)16)1-2-12(5-9(17)18)6-10(19)20;;/h1-6H2,(H,13,14)(H,15,16)(H,17,18)(H,19,20);;1H3/q;+2;/p-3. The van der Waals surface area contributed by atoms with Crippen LogP contribution in [0.15, 0.2) is 0 Å². The van der Waals surface area contributed by atoms with Gasteiger partial charge in [-0.2, -0.15) is 0 Å². The van der Waals surface area contributed by atoms with Crippen LogP contribution in [0.3, 0.4) is 0 Å². The maximum atomic E-state index is 10.4. The van der Waals surface area contributed by atoms with Crippen molar-refractivity contribution < 1.29 is 56.7 Å². The summed E-state index contributed by atoms with van der Waals surface area (Å²) in [7, 11) is 0. The summed E-state index contributed by atoms with van der Waals surface area (Å²) in [5.41, 5.74) is 0. The molecule has 128 valence electrons. The van der Waals surface area contributed by atoms with Crippen molar-refractivity contribution in [3.63, 3.8) is 0 Å². The third-order valence-electron chi connectivity index (χ3n) is 2.14. The smallest absolute Gasteiger partial charge is 0.549 e. The van der Waals surface area contributed by atoms with Gasteiger partial charge in [0.15, 0.2) is 0 Å². The molecule has 0 aliphatic carbocycles. The number of carbonyl (C=O) groups is 4. The van der Waals surface area contributed by atoms with Gasteiger partial charge < -0.3 is 45.8 Å². The Balaban J connectivity index is -0.00000180. The van der Waals surface area contributed by atoms with E-state index in [1.165, 1.54) is 0 Å². The molecule has 12 heteroatoms. The molecule has 0 aromatic rings. The van der Waals surface area contributed by atoms with Gasteiger partial charge in [0.1, 0.15) is 0 Å². The minimum atomic E-state index is -1.53. The molecule has 0 aliphatic rings. The molecule has 0 aromatic carbocycles. The predicted molar refractivity (Wildman–Crippen MR) is 58.9 cm³/mol. The third-order valence-corrected chi connectivity index (χ3v) is 2.14. The number of carboxylic acid groups (broad SMARTS) is 4. The fourth-order valence-electron chi connectivity index (χ4n) is 1.44. The van der Waals surface area contributed by atoms with Gasteiger partial charge in [-0.05, 0) is 0 Å². The normalized spacial score (nSPS) is 9.73. The molecule has 0 aromatic heterocycles. The molecule has 0 heterocycles. The second kappa shape index (κ2) is 13.0. The van der Waals surface area contributed by atoms with Crippen molar-refractivity contribution in [2.24, 2.45) is 0 Å². The second-order valence-corrected chi connectivity index (χ2v) is 3.91. The first-order valence-electron chi connectivity index (χ1n) is 5.44. The first-order chi connectivity index (χ1) is 9.20. The Kier molecular flexibility index (Phi) is 14.9. The van der Waals surface area contributed by atoms with Crippen LogP contribution in [-0.2, 0) is 36.2 Å². The minimum Gasteiger partial charge on any atom is -0.549 e. The second-order valence-electron chi connectivity index (χ2n) is 3.91. The molecular weight excluding hydrogens is 346 g/mol. The topological polar surface area (TPSA) is 204 Å². The van der Waals surface area contributed by atoms with Crippen molar-refractivity contribution in [3.8, 4) is 0 Å². The molecule has 0 radical (unpaired) electrons. The Morgan fingerprint density at radius 2 is 0.773 bits per heavy atom. The number of quaternary nitrogens is 1. The Labute approximate surface area is 136 Å². The van der Waals surface area contributed by atoms with E-state index in [1.807, 2.05) is 0 Å². The Bertz CT molecular complexity index is 324. The van der Waals surface area contributed by atoms with Crippen molar-refractivity contribution in [2.45, 2.75) is 0 Å². The zero-order chi connectivity index (χ0) is 15.7. The molecule has 22 heavy (non-hydrogen) atoms. The molecule has 0 atom stereocenters. The molecule has 0 saturated heterocycles. The zero-order valence-electron chi connectivity index (χ0n) is 11.8. The number of carbonyl (C=O) groups excluding carboxylic acids is 4. The van der Waals surface area contributed by atoms with Gasteiger partial charge in [0.05, 0.1) is 23.9 Å². The maximum Gasteiger partial charge on any atom is 2.00 e. The van der Waals surface area contributed by atoms with E-state index < -0.39 is 50.1 Å². The molecule has 0 aliphatic heterocycles. The molecular formula is C10H16FeN3O8-. The van der Waals surface area contributed by atoms with E-state index >= 15 is 0 Å². The van der Waals surface area contributed by atoms with Crippen molar-refractivity contribution in [1.29, 1.82) is 0 Å². The predicted octanol–water partition coefficient (Wildman–Crippen LogP) is -7.04. The third kappa shape index (κ3) is 14.7. The molecule has 0 amide bonds. The van der Waals surface area contributed by atoms with Gasteiger partial charge in [-0.25, -0.2) is 0 Å². The van der Waals surface area contributed by atoms with E-state index in [2.05, 4.69) is 0 Å². The summed E-state index contributed by atoms with van der Waals surface area (Å²) in [4.78, 5) is 43.4. The van der Waals surface area contributed by atoms with Gasteiger partial charge in [0, 0.05) is 39.3 Å². The molecule has 0 rings (SSSR count). The summed E-state index contributed by atoms with van der Waals surface area (Å²) in [6.07, 6.45) is 0. The van der Waals surface area contributed by atoms with Crippen molar-refractivity contribution >= 4 is 23.9 Å². The van der Waals surface area contributed by atoms with E-state index in [-0.39, 0.29) is 36.3 Å². The average Bonchev–Trinajstić information content (AvgIpc) is 2.22. The summed E-state index contributed by atoms with van der Waals surface area (Å²) >= 11 is 0.